The van der Waals surface area contributed by atoms with Crippen molar-refractivity contribution in [3.05, 3.63) is 29.8 Å². The standard InChI is InChI=1S/C21H27BrN2O3/c1-21(2)19(25)24(20(26)23-21)18-12-9-11-17(16-18)10-5-8-15-27-14-7-4-3-6-13-22/h9,11-12,16H,3-4,6-8,13-15H2,1-2H3,(H,23,26). The van der Waals surface area contributed by atoms with Crippen molar-refractivity contribution in [1.29, 1.82) is 0 Å². The molecule has 1 heterocycles. The van der Waals surface area contributed by atoms with Crippen LogP contribution in [0.3, 0.4) is 0 Å². The lowest BCUT2D eigenvalue weighted by Gasteiger charge is -2.16. The number of halogens is 1. The molecule has 0 bridgehead atoms. The van der Waals surface area contributed by atoms with Gasteiger partial charge in [-0.05, 0) is 44.9 Å². The fourth-order valence-corrected chi connectivity index (χ4v) is 3.14. The summed E-state index contributed by atoms with van der Waals surface area (Å²) in [6, 6.07) is 6.76. The van der Waals surface area contributed by atoms with Crippen molar-refractivity contribution < 1.29 is 14.3 Å². The molecule has 0 atom stereocenters. The van der Waals surface area contributed by atoms with E-state index in [1.165, 1.54) is 24.2 Å². The number of alkyl halides is 1. The van der Waals surface area contributed by atoms with Gasteiger partial charge >= 0.3 is 6.03 Å². The van der Waals surface area contributed by atoms with E-state index in [4.69, 9.17) is 4.74 Å². The third-order valence-electron chi connectivity index (χ3n) is 4.24. The fourth-order valence-electron chi connectivity index (χ4n) is 2.75. The van der Waals surface area contributed by atoms with Crippen molar-refractivity contribution in [2.45, 2.75) is 51.5 Å². The number of amides is 3. The van der Waals surface area contributed by atoms with Crippen molar-refractivity contribution in [2.24, 2.45) is 0 Å². The highest BCUT2D eigenvalue weighted by Gasteiger charge is 2.45. The maximum absolute atomic E-state index is 12.4. The third kappa shape index (κ3) is 6.37. The molecule has 0 unspecified atom stereocenters. The molecule has 2 rings (SSSR count). The molecule has 0 aliphatic carbocycles. The molecular formula is C21H27BrN2O3. The summed E-state index contributed by atoms with van der Waals surface area (Å²) >= 11 is 3.43. The molecule has 146 valence electrons. The van der Waals surface area contributed by atoms with E-state index < -0.39 is 11.6 Å². The predicted molar refractivity (Wildman–Crippen MR) is 111 cm³/mol. The number of hydrogen-bond acceptors (Lipinski definition) is 3. The molecule has 3 amide bonds. The van der Waals surface area contributed by atoms with Crippen LogP contribution in [-0.4, -0.2) is 36.0 Å². The van der Waals surface area contributed by atoms with Crippen LogP contribution >= 0.6 is 15.9 Å². The topological polar surface area (TPSA) is 58.6 Å². The number of rotatable bonds is 9. The van der Waals surface area contributed by atoms with E-state index >= 15 is 0 Å². The first-order chi connectivity index (χ1) is 13.0. The number of nitrogens with zero attached hydrogens (tertiary/aromatic N) is 1. The van der Waals surface area contributed by atoms with Gasteiger partial charge in [0.1, 0.15) is 5.54 Å². The number of carbonyl (C=O) groups excluding carboxylic acids is 2. The van der Waals surface area contributed by atoms with Gasteiger partial charge in [-0.25, -0.2) is 9.69 Å². The molecule has 5 nitrogen and oxygen atoms in total. The molecule has 1 aromatic rings. The smallest absolute Gasteiger partial charge is 0.329 e. The van der Waals surface area contributed by atoms with Crippen molar-refractivity contribution in [3.63, 3.8) is 0 Å². The van der Waals surface area contributed by atoms with Crippen molar-refractivity contribution in [2.75, 3.05) is 23.4 Å². The second-order valence-electron chi connectivity index (χ2n) is 7.01. The first kappa shape index (κ1) is 21.5. The highest BCUT2D eigenvalue weighted by atomic mass is 79.9. The lowest BCUT2D eigenvalue weighted by molar-refractivity contribution is -0.121. The quantitative estimate of drug-likeness (QED) is 0.273. The Morgan fingerprint density at radius 2 is 1.93 bits per heavy atom. The summed E-state index contributed by atoms with van der Waals surface area (Å²) in [6.07, 6.45) is 5.39. The lowest BCUT2D eigenvalue weighted by atomic mass is 10.1. The van der Waals surface area contributed by atoms with E-state index in [0.29, 0.717) is 18.7 Å². The summed E-state index contributed by atoms with van der Waals surface area (Å²) in [5, 5.41) is 3.75. The normalized spacial score (nSPS) is 15.4. The Morgan fingerprint density at radius 1 is 1.15 bits per heavy atom. The molecule has 1 N–H and O–H groups in total. The molecule has 0 radical (unpaired) electrons. The molecule has 1 aromatic carbocycles. The van der Waals surface area contributed by atoms with Crippen LogP contribution in [0.15, 0.2) is 24.3 Å². The molecular weight excluding hydrogens is 408 g/mol. The zero-order valence-electron chi connectivity index (χ0n) is 16.0. The summed E-state index contributed by atoms with van der Waals surface area (Å²) < 4.78 is 5.59. The zero-order valence-corrected chi connectivity index (χ0v) is 17.6. The SMILES string of the molecule is CC1(C)NC(=O)N(c2cccc(C#CCCOCCCCCCBr)c2)C1=O. The van der Waals surface area contributed by atoms with Crippen molar-refractivity contribution in [3.8, 4) is 11.8 Å². The highest BCUT2D eigenvalue weighted by molar-refractivity contribution is 9.09. The molecule has 1 aliphatic rings. The Kier molecular flexibility index (Phi) is 8.33. The van der Waals surface area contributed by atoms with Gasteiger partial charge in [-0.2, -0.15) is 0 Å². The van der Waals surface area contributed by atoms with Crippen LogP contribution in [0.25, 0.3) is 0 Å². The first-order valence-electron chi connectivity index (χ1n) is 9.35. The number of hydrogen-bond donors (Lipinski definition) is 1. The van der Waals surface area contributed by atoms with E-state index in [1.54, 1.807) is 32.0 Å². The number of benzene rings is 1. The molecule has 1 aliphatic heterocycles. The maximum atomic E-state index is 12.4. The van der Waals surface area contributed by atoms with Gasteiger partial charge in [0, 0.05) is 23.9 Å². The van der Waals surface area contributed by atoms with Gasteiger partial charge in [0.25, 0.3) is 5.91 Å². The summed E-state index contributed by atoms with van der Waals surface area (Å²) in [5.74, 6) is 5.90. The minimum absolute atomic E-state index is 0.262. The number of urea groups is 1. The number of ether oxygens (including phenoxy) is 1. The summed E-state index contributed by atoms with van der Waals surface area (Å²) in [6.45, 7) is 4.78. The summed E-state index contributed by atoms with van der Waals surface area (Å²) in [4.78, 5) is 25.6. The molecule has 0 aromatic heterocycles. The summed E-state index contributed by atoms with van der Waals surface area (Å²) in [5.41, 5.74) is 0.423. The van der Waals surface area contributed by atoms with Gasteiger partial charge in [-0.1, -0.05) is 46.7 Å². The number of imide groups is 1. The Hall–Kier alpha value is -1.84. The van der Waals surface area contributed by atoms with Gasteiger partial charge in [0.2, 0.25) is 0 Å². The number of anilines is 1. The Bertz CT molecular complexity index is 722. The van der Waals surface area contributed by atoms with E-state index in [0.717, 1.165) is 23.9 Å². The molecule has 1 saturated heterocycles. The van der Waals surface area contributed by atoms with Crippen LogP contribution in [-0.2, 0) is 9.53 Å². The number of nitrogens with one attached hydrogen (secondary N) is 1. The molecule has 0 saturated carbocycles. The van der Waals surface area contributed by atoms with E-state index in [2.05, 4.69) is 33.1 Å². The van der Waals surface area contributed by atoms with Crippen LogP contribution in [0.4, 0.5) is 10.5 Å². The average Bonchev–Trinajstić information content (AvgIpc) is 2.84. The first-order valence-corrected chi connectivity index (χ1v) is 10.5. The molecule has 6 heteroatoms. The van der Waals surface area contributed by atoms with Gasteiger partial charge in [0.15, 0.2) is 0 Å². The van der Waals surface area contributed by atoms with Crippen LogP contribution in [0, 0.1) is 11.8 Å². The highest BCUT2D eigenvalue weighted by Crippen LogP contribution is 2.24. The van der Waals surface area contributed by atoms with Crippen LogP contribution in [0.5, 0.6) is 0 Å². The molecule has 0 spiro atoms. The predicted octanol–water partition coefficient (Wildman–Crippen LogP) is 4.23. The number of carbonyl (C=O) groups is 2. The monoisotopic (exact) mass is 434 g/mol. The second kappa shape index (κ2) is 10.5. The van der Waals surface area contributed by atoms with E-state index in [-0.39, 0.29) is 5.91 Å². The Balaban J connectivity index is 1.81. The zero-order chi connectivity index (χ0) is 19.7. The van der Waals surface area contributed by atoms with Crippen molar-refractivity contribution >= 4 is 33.6 Å². The molecule has 27 heavy (non-hydrogen) atoms. The fraction of sp³-hybridized carbons (Fsp3) is 0.524. The van der Waals surface area contributed by atoms with Gasteiger partial charge in [-0.3, -0.25) is 4.79 Å². The summed E-state index contributed by atoms with van der Waals surface area (Å²) in [7, 11) is 0. The minimum Gasteiger partial charge on any atom is -0.380 e. The van der Waals surface area contributed by atoms with Crippen LogP contribution < -0.4 is 10.2 Å². The van der Waals surface area contributed by atoms with Gasteiger partial charge in [0.05, 0.1) is 12.3 Å². The third-order valence-corrected chi connectivity index (χ3v) is 4.80. The van der Waals surface area contributed by atoms with Gasteiger partial charge < -0.3 is 10.1 Å². The van der Waals surface area contributed by atoms with Crippen LogP contribution in [0.2, 0.25) is 0 Å². The Morgan fingerprint density at radius 3 is 2.63 bits per heavy atom. The van der Waals surface area contributed by atoms with E-state index in [9.17, 15) is 9.59 Å². The maximum Gasteiger partial charge on any atom is 0.329 e. The van der Waals surface area contributed by atoms with E-state index in [1.807, 2.05) is 6.07 Å². The Labute approximate surface area is 170 Å². The largest absolute Gasteiger partial charge is 0.380 e. The second-order valence-corrected chi connectivity index (χ2v) is 7.81. The molecule has 1 fully saturated rings. The average molecular weight is 435 g/mol. The van der Waals surface area contributed by atoms with Crippen molar-refractivity contribution in [1.82, 2.24) is 5.32 Å². The van der Waals surface area contributed by atoms with Gasteiger partial charge in [-0.15, -0.1) is 0 Å². The van der Waals surface area contributed by atoms with Crippen LogP contribution in [0.1, 0.15) is 51.5 Å². The lowest BCUT2D eigenvalue weighted by Crippen LogP contribution is -2.40. The minimum atomic E-state index is -0.885. The number of unbranched alkanes of at least 4 members (excludes halogenated alkanes) is 3.